The van der Waals surface area contributed by atoms with E-state index in [1.54, 1.807) is 11.3 Å². The molecule has 0 aliphatic carbocycles. The Balaban J connectivity index is 1.87. The van der Waals surface area contributed by atoms with E-state index in [1.807, 2.05) is 38.1 Å². The van der Waals surface area contributed by atoms with Crippen LogP contribution in [0.15, 0.2) is 5.51 Å². The molecule has 22 heavy (non-hydrogen) atoms. The Bertz CT molecular complexity index is 496. The first-order chi connectivity index (χ1) is 10.4. The van der Waals surface area contributed by atoms with Gasteiger partial charge in [0, 0.05) is 30.6 Å². The maximum Gasteiger partial charge on any atom is 0.410 e. The highest BCUT2D eigenvalue weighted by atomic mass is 32.1. The highest BCUT2D eigenvalue weighted by Crippen LogP contribution is 2.20. The van der Waals surface area contributed by atoms with E-state index in [-0.39, 0.29) is 12.1 Å². The summed E-state index contributed by atoms with van der Waals surface area (Å²) in [6.45, 7) is 10.2. The number of carbonyl (C=O) groups is 1. The number of hydrogen-bond donors (Lipinski definition) is 1. The first-order valence-electron chi connectivity index (χ1n) is 7.96. The zero-order valence-corrected chi connectivity index (χ0v) is 14.8. The van der Waals surface area contributed by atoms with Gasteiger partial charge in [-0.2, -0.15) is 0 Å². The highest BCUT2D eigenvalue weighted by Gasteiger charge is 2.30. The second-order valence-electron chi connectivity index (χ2n) is 6.82. The van der Waals surface area contributed by atoms with Gasteiger partial charge in [0.2, 0.25) is 0 Å². The summed E-state index contributed by atoms with van der Waals surface area (Å²) in [5.74, 6) is 0. The normalized spacial score (nSPS) is 19.3. The molecule has 124 valence electrons. The molecule has 1 amide bonds. The summed E-state index contributed by atoms with van der Waals surface area (Å²) < 4.78 is 5.53. The number of piperidine rings is 1. The maximum atomic E-state index is 12.3. The molecular weight excluding hydrogens is 298 g/mol. The van der Waals surface area contributed by atoms with E-state index in [0.29, 0.717) is 0 Å². The molecule has 1 aliphatic rings. The summed E-state index contributed by atoms with van der Waals surface area (Å²) in [4.78, 5) is 19.8. The Hall–Kier alpha value is -1.14. The van der Waals surface area contributed by atoms with E-state index in [9.17, 15) is 4.79 Å². The third-order valence-electron chi connectivity index (χ3n) is 3.77. The molecule has 0 bridgehead atoms. The van der Waals surface area contributed by atoms with Crippen molar-refractivity contribution < 1.29 is 9.53 Å². The fourth-order valence-corrected chi connectivity index (χ4v) is 3.37. The van der Waals surface area contributed by atoms with Gasteiger partial charge in [-0.15, -0.1) is 11.3 Å². The van der Waals surface area contributed by atoms with Gasteiger partial charge >= 0.3 is 6.09 Å². The Kier molecular flexibility index (Phi) is 5.81. The summed E-state index contributed by atoms with van der Waals surface area (Å²) in [6, 6.07) is 0.219. The highest BCUT2D eigenvalue weighted by molar-refractivity contribution is 7.09. The van der Waals surface area contributed by atoms with Gasteiger partial charge in [-0.1, -0.05) is 0 Å². The van der Waals surface area contributed by atoms with Gasteiger partial charge in [0.15, 0.2) is 0 Å². The lowest BCUT2D eigenvalue weighted by Gasteiger charge is -2.36. The third kappa shape index (κ3) is 4.95. The number of nitrogens with zero attached hydrogens (tertiary/aromatic N) is 2. The van der Waals surface area contributed by atoms with E-state index in [2.05, 4.69) is 10.3 Å². The number of amides is 1. The van der Waals surface area contributed by atoms with Gasteiger partial charge < -0.3 is 15.0 Å². The van der Waals surface area contributed by atoms with Gasteiger partial charge in [-0.25, -0.2) is 9.78 Å². The second kappa shape index (κ2) is 7.42. The smallest absolute Gasteiger partial charge is 0.410 e. The van der Waals surface area contributed by atoms with Crippen LogP contribution in [0.5, 0.6) is 0 Å². The summed E-state index contributed by atoms with van der Waals surface area (Å²) in [7, 11) is 0. The van der Waals surface area contributed by atoms with Crippen molar-refractivity contribution in [2.24, 2.45) is 0 Å². The predicted molar refractivity (Wildman–Crippen MR) is 89.1 cm³/mol. The number of likely N-dealkylation sites (tertiary alicyclic amines) is 1. The third-order valence-corrected chi connectivity index (χ3v) is 4.70. The van der Waals surface area contributed by atoms with E-state index in [0.717, 1.165) is 38.2 Å². The molecule has 5 nitrogen and oxygen atoms in total. The van der Waals surface area contributed by atoms with Gasteiger partial charge in [0.1, 0.15) is 5.60 Å². The molecule has 1 fully saturated rings. The van der Waals surface area contributed by atoms with E-state index >= 15 is 0 Å². The van der Waals surface area contributed by atoms with Crippen LogP contribution in [0.25, 0.3) is 0 Å². The van der Waals surface area contributed by atoms with Crippen LogP contribution >= 0.6 is 11.3 Å². The molecule has 0 saturated carbocycles. The van der Waals surface area contributed by atoms with Crippen LogP contribution in [-0.2, 0) is 11.3 Å². The number of aryl methyl sites for hydroxylation is 1. The monoisotopic (exact) mass is 325 g/mol. The van der Waals surface area contributed by atoms with Crippen LogP contribution in [0.3, 0.4) is 0 Å². The quantitative estimate of drug-likeness (QED) is 0.922. The molecule has 1 aliphatic heterocycles. The van der Waals surface area contributed by atoms with Crippen molar-refractivity contribution in [1.29, 1.82) is 0 Å². The Morgan fingerprint density at radius 2 is 2.27 bits per heavy atom. The van der Waals surface area contributed by atoms with Gasteiger partial charge in [-0.05, 0) is 47.0 Å². The maximum absolute atomic E-state index is 12.3. The Morgan fingerprint density at radius 3 is 2.91 bits per heavy atom. The van der Waals surface area contributed by atoms with Crippen molar-refractivity contribution in [2.45, 2.75) is 65.1 Å². The molecule has 1 atom stereocenters. The molecular formula is C16H27N3O2S. The minimum absolute atomic E-state index is 0.187. The van der Waals surface area contributed by atoms with E-state index in [4.69, 9.17) is 4.74 Å². The largest absolute Gasteiger partial charge is 0.444 e. The van der Waals surface area contributed by atoms with E-state index < -0.39 is 5.60 Å². The van der Waals surface area contributed by atoms with Crippen LogP contribution in [0.2, 0.25) is 0 Å². The van der Waals surface area contributed by atoms with Crippen molar-refractivity contribution in [2.75, 3.05) is 13.1 Å². The number of thiazole rings is 1. The van der Waals surface area contributed by atoms with Crippen LogP contribution in [0.4, 0.5) is 4.79 Å². The minimum atomic E-state index is -0.438. The summed E-state index contributed by atoms with van der Waals surface area (Å²) >= 11 is 1.67. The zero-order chi connectivity index (χ0) is 16.2. The average Bonchev–Trinajstić information content (AvgIpc) is 2.83. The molecule has 1 aromatic heterocycles. The molecule has 0 aromatic carbocycles. The van der Waals surface area contributed by atoms with Gasteiger partial charge in [0.25, 0.3) is 0 Å². The molecule has 2 rings (SSSR count). The number of aromatic nitrogens is 1. The molecule has 6 heteroatoms. The molecule has 1 saturated heterocycles. The topological polar surface area (TPSA) is 54.5 Å². The van der Waals surface area contributed by atoms with Crippen molar-refractivity contribution in [3.8, 4) is 0 Å². The first-order valence-corrected chi connectivity index (χ1v) is 8.84. The van der Waals surface area contributed by atoms with Gasteiger partial charge in [-0.3, -0.25) is 0 Å². The lowest BCUT2D eigenvalue weighted by molar-refractivity contribution is 0.00994. The van der Waals surface area contributed by atoms with Crippen LogP contribution in [-0.4, -0.2) is 40.7 Å². The first kappa shape index (κ1) is 17.2. The lowest BCUT2D eigenvalue weighted by atomic mass is 10.0. The molecule has 0 spiro atoms. The molecule has 2 heterocycles. The Labute approximate surface area is 137 Å². The van der Waals surface area contributed by atoms with Crippen LogP contribution in [0.1, 0.15) is 50.6 Å². The van der Waals surface area contributed by atoms with Gasteiger partial charge in [0.05, 0.1) is 11.2 Å². The van der Waals surface area contributed by atoms with Crippen LogP contribution < -0.4 is 5.32 Å². The summed E-state index contributed by atoms with van der Waals surface area (Å²) in [5.41, 5.74) is 2.52. The number of rotatable bonds is 4. The van der Waals surface area contributed by atoms with Crippen molar-refractivity contribution in [3.05, 3.63) is 16.1 Å². The standard InChI is InChI=1S/C16H27N3O2S/c1-12-14(22-11-18-12)10-17-9-13-7-5-6-8-19(13)15(20)21-16(2,3)4/h11,13,17H,5-10H2,1-4H3. The number of carbonyl (C=O) groups excluding carboxylic acids is 1. The summed E-state index contributed by atoms with van der Waals surface area (Å²) in [6.07, 6.45) is 3.08. The lowest BCUT2D eigenvalue weighted by Crippen LogP contribution is -2.50. The number of nitrogens with one attached hydrogen (secondary N) is 1. The van der Waals surface area contributed by atoms with Crippen molar-refractivity contribution >= 4 is 17.4 Å². The molecule has 1 aromatic rings. The van der Waals surface area contributed by atoms with Crippen molar-refractivity contribution in [1.82, 2.24) is 15.2 Å². The fourth-order valence-electron chi connectivity index (χ4n) is 2.62. The average molecular weight is 325 g/mol. The minimum Gasteiger partial charge on any atom is -0.444 e. The molecule has 0 radical (unpaired) electrons. The molecule has 1 unspecified atom stereocenters. The molecule has 1 N–H and O–H groups in total. The Morgan fingerprint density at radius 1 is 1.50 bits per heavy atom. The number of hydrogen-bond acceptors (Lipinski definition) is 5. The predicted octanol–water partition coefficient (Wildman–Crippen LogP) is 3.33. The van der Waals surface area contributed by atoms with E-state index in [1.165, 1.54) is 11.3 Å². The fraction of sp³-hybridized carbons (Fsp3) is 0.750. The second-order valence-corrected chi connectivity index (χ2v) is 7.75. The SMILES string of the molecule is Cc1ncsc1CNCC1CCCCN1C(=O)OC(C)(C)C. The number of ether oxygens (including phenoxy) is 1. The van der Waals surface area contributed by atoms with Crippen LogP contribution in [0, 0.1) is 6.92 Å². The zero-order valence-electron chi connectivity index (χ0n) is 14.0. The summed E-state index contributed by atoms with van der Waals surface area (Å²) in [5, 5.41) is 3.47. The van der Waals surface area contributed by atoms with Crippen molar-refractivity contribution in [3.63, 3.8) is 0 Å².